The first-order valence-electron chi connectivity index (χ1n) is 6.31. The van der Waals surface area contributed by atoms with Gasteiger partial charge in [0.25, 0.3) is 0 Å². The molecule has 2 aromatic heterocycles. The second-order valence-electron chi connectivity index (χ2n) is 4.79. The van der Waals surface area contributed by atoms with Crippen molar-refractivity contribution in [2.45, 2.75) is 46.7 Å². The summed E-state index contributed by atoms with van der Waals surface area (Å²) in [6.45, 7) is 9.38. The summed E-state index contributed by atoms with van der Waals surface area (Å²) in [7, 11) is 0. The summed E-state index contributed by atoms with van der Waals surface area (Å²) in [6, 6.07) is 4.85. The Morgan fingerprint density at radius 3 is 2.76 bits per heavy atom. The minimum Gasteiger partial charge on any atom is -0.309 e. The van der Waals surface area contributed by atoms with Gasteiger partial charge < -0.3 is 9.72 Å². The molecule has 2 heterocycles. The molecule has 0 aliphatic heterocycles. The van der Waals surface area contributed by atoms with Gasteiger partial charge in [-0.05, 0) is 25.0 Å². The number of aromatic nitrogens is 2. The third kappa shape index (κ3) is 2.50. The Balaban J connectivity index is 2.38. The first kappa shape index (κ1) is 12.1. The molecule has 0 saturated carbocycles. The lowest BCUT2D eigenvalue weighted by atomic mass is 10.2. The molecule has 3 nitrogen and oxygen atoms in total. The molecule has 0 aliphatic carbocycles. The molecule has 0 amide bonds. The molecule has 3 heteroatoms. The summed E-state index contributed by atoms with van der Waals surface area (Å²) < 4.78 is 2.19. The van der Waals surface area contributed by atoms with E-state index in [0.29, 0.717) is 6.04 Å². The molecule has 0 bridgehead atoms. The smallest absolute Gasteiger partial charge is 0.110 e. The van der Waals surface area contributed by atoms with Crippen LogP contribution in [-0.4, -0.2) is 15.4 Å². The van der Waals surface area contributed by atoms with Crippen LogP contribution < -0.4 is 5.32 Å². The van der Waals surface area contributed by atoms with Crippen molar-refractivity contribution in [2.24, 2.45) is 0 Å². The van der Waals surface area contributed by atoms with E-state index in [2.05, 4.69) is 60.7 Å². The van der Waals surface area contributed by atoms with Gasteiger partial charge in [0.15, 0.2) is 0 Å². The summed E-state index contributed by atoms with van der Waals surface area (Å²) in [5.74, 6) is 1.07. The zero-order valence-corrected chi connectivity index (χ0v) is 11.1. The second-order valence-corrected chi connectivity index (χ2v) is 4.79. The van der Waals surface area contributed by atoms with E-state index in [0.717, 1.165) is 24.5 Å². The third-order valence-electron chi connectivity index (χ3n) is 3.04. The highest BCUT2D eigenvalue weighted by Crippen LogP contribution is 2.15. The predicted molar refractivity (Wildman–Crippen MR) is 71.3 cm³/mol. The van der Waals surface area contributed by atoms with E-state index < -0.39 is 0 Å². The van der Waals surface area contributed by atoms with Gasteiger partial charge in [-0.2, -0.15) is 0 Å². The standard InChI is InChI=1S/C14H21N3/c1-5-12-6-7-14-13(8-15-10(2)3)16-11(4)17(14)9-12/h6-7,9-10,15H,5,8H2,1-4H3. The predicted octanol–water partition coefficient (Wildman–Crippen LogP) is 2.70. The highest BCUT2D eigenvalue weighted by atomic mass is 15.0. The number of imidazole rings is 1. The Bertz CT molecular complexity index is 511. The SMILES string of the molecule is CCc1ccc2c(CNC(C)C)nc(C)n2c1. The summed E-state index contributed by atoms with van der Waals surface area (Å²) in [5, 5.41) is 3.42. The highest BCUT2D eigenvalue weighted by molar-refractivity contribution is 5.54. The monoisotopic (exact) mass is 231 g/mol. The van der Waals surface area contributed by atoms with Crippen molar-refractivity contribution in [2.75, 3.05) is 0 Å². The summed E-state index contributed by atoms with van der Waals surface area (Å²) in [6.07, 6.45) is 3.25. The Morgan fingerprint density at radius 1 is 1.35 bits per heavy atom. The number of nitrogens with one attached hydrogen (secondary N) is 1. The van der Waals surface area contributed by atoms with E-state index in [9.17, 15) is 0 Å². The van der Waals surface area contributed by atoms with Crippen LogP contribution in [0.1, 0.15) is 37.9 Å². The van der Waals surface area contributed by atoms with Crippen LogP contribution in [0.2, 0.25) is 0 Å². The van der Waals surface area contributed by atoms with E-state index in [4.69, 9.17) is 0 Å². The molecule has 92 valence electrons. The molecular formula is C14H21N3. The minimum absolute atomic E-state index is 0.488. The lowest BCUT2D eigenvalue weighted by Gasteiger charge is -2.06. The van der Waals surface area contributed by atoms with Crippen LogP contribution in [-0.2, 0) is 13.0 Å². The molecule has 0 unspecified atom stereocenters. The van der Waals surface area contributed by atoms with Gasteiger partial charge in [0.2, 0.25) is 0 Å². The van der Waals surface area contributed by atoms with Crippen LogP contribution in [0.4, 0.5) is 0 Å². The van der Waals surface area contributed by atoms with Gasteiger partial charge in [-0.3, -0.25) is 0 Å². The minimum atomic E-state index is 0.488. The van der Waals surface area contributed by atoms with Crippen molar-refractivity contribution in [3.8, 4) is 0 Å². The molecule has 0 atom stereocenters. The summed E-state index contributed by atoms with van der Waals surface area (Å²) >= 11 is 0. The molecule has 0 radical (unpaired) electrons. The van der Waals surface area contributed by atoms with Crippen LogP contribution in [0.15, 0.2) is 18.3 Å². The third-order valence-corrected chi connectivity index (χ3v) is 3.04. The Labute approximate surface area is 103 Å². The van der Waals surface area contributed by atoms with Crippen molar-refractivity contribution in [1.29, 1.82) is 0 Å². The Morgan fingerprint density at radius 2 is 2.12 bits per heavy atom. The van der Waals surface area contributed by atoms with Gasteiger partial charge >= 0.3 is 0 Å². The van der Waals surface area contributed by atoms with Crippen LogP contribution >= 0.6 is 0 Å². The van der Waals surface area contributed by atoms with E-state index in [-0.39, 0.29) is 0 Å². The number of aryl methyl sites for hydroxylation is 2. The highest BCUT2D eigenvalue weighted by Gasteiger charge is 2.08. The molecule has 0 aliphatic rings. The van der Waals surface area contributed by atoms with Gasteiger partial charge in [0, 0.05) is 18.8 Å². The van der Waals surface area contributed by atoms with Gasteiger partial charge in [0.1, 0.15) is 5.82 Å². The largest absolute Gasteiger partial charge is 0.309 e. The molecule has 0 aromatic carbocycles. The molecule has 1 N–H and O–H groups in total. The molecular weight excluding hydrogens is 210 g/mol. The fourth-order valence-corrected chi connectivity index (χ4v) is 1.99. The van der Waals surface area contributed by atoms with Crippen molar-refractivity contribution >= 4 is 5.52 Å². The first-order chi connectivity index (χ1) is 8.11. The number of hydrogen-bond donors (Lipinski definition) is 1. The lowest BCUT2D eigenvalue weighted by molar-refractivity contribution is 0.584. The number of pyridine rings is 1. The van der Waals surface area contributed by atoms with E-state index in [1.165, 1.54) is 11.1 Å². The van der Waals surface area contributed by atoms with Gasteiger partial charge in [0.05, 0.1) is 11.2 Å². The average molecular weight is 231 g/mol. The van der Waals surface area contributed by atoms with Crippen molar-refractivity contribution in [1.82, 2.24) is 14.7 Å². The van der Waals surface area contributed by atoms with Crippen molar-refractivity contribution < 1.29 is 0 Å². The molecule has 17 heavy (non-hydrogen) atoms. The molecule has 0 spiro atoms. The Hall–Kier alpha value is -1.35. The topological polar surface area (TPSA) is 29.3 Å². The van der Waals surface area contributed by atoms with Gasteiger partial charge in [-0.25, -0.2) is 4.98 Å². The number of hydrogen-bond acceptors (Lipinski definition) is 2. The first-order valence-corrected chi connectivity index (χ1v) is 6.31. The van der Waals surface area contributed by atoms with Crippen LogP contribution in [0, 0.1) is 6.92 Å². The number of rotatable bonds is 4. The fraction of sp³-hybridized carbons (Fsp3) is 0.500. The van der Waals surface area contributed by atoms with Crippen LogP contribution in [0.25, 0.3) is 5.52 Å². The van der Waals surface area contributed by atoms with Crippen molar-refractivity contribution in [3.63, 3.8) is 0 Å². The van der Waals surface area contributed by atoms with Gasteiger partial charge in [-0.1, -0.05) is 26.8 Å². The van der Waals surface area contributed by atoms with Crippen LogP contribution in [0.3, 0.4) is 0 Å². The van der Waals surface area contributed by atoms with Crippen LogP contribution in [0.5, 0.6) is 0 Å². The molecule has 0 saturated heterocycles. The average Bonchev–Trinajstić information content (AvgIpc) is 2.63. The quantitative estimate of drug-likeness (QED) is 0.876. The maximum absolute atomic E-state index is 4.64. The molecule has 2 aromatic rings. The maximum Gasteiger partial charge on any atom is 0.110 e. The van der Waals surface area contributed by atoms with Gasteiger partial charge in [-0.15, -0.1) is 0 Å². The molecule has 0 fully saturated rings. The van der Waals surface area contributed by atoms with E-state index in [1.807, 2.05) is 0 Å². The number of nitrogens with zero attached hydrogens (tertiary/aromatic N) is 2. The summed E-state index contributed by atoms with van der Waals surface area (Å²) in [4.78, 5) is 4.64. The van der Waals surface area contributed by atoms with E-state index in [1.54, 1.807) is 0 Å². The van der Waals surface area contributed by atoms with Crippen molar-refractivity contribution in [3.05, 3.63) is 35.4 Å². The normalized spacial score (nSPS) is 11.6. The Kier molecular flexibility index (Phi) is 3.48. The molecule has 2 rings (SSSR count). The van der Waals surface area contributed by atoms with E-state index >= 15 is 0 Å². The second kappa shape index (κ2) is 4.88. The number of fused-ring (bicyclic) bond motifs is 1. The zero-order valence-electron chi connectivity index (χ0n) is 11.1. The maximum atomic E-state index is 4.64. The summed E-state index contributed by atoms with van der Waals surface area (Å²) in [5.41, 5.74) is 3.70. The lowest BCUT2D eigenvalue weighted by Crippen LogP contribution is -2.22. The zero-order chi connectivity index (χ0) is 12.4. The fourth-order valence-electron chi connectivity index (χ4n) is 1.99.